The van der Waals surface area contributed by atoms with E-state index >= 15 is 0 Å². The number of aromatic nitrogens is 1. The van der Waals surface area contributed by atoms with Gasteiger partial charge in [-0.25, -0.2) is 4.39 Å². The molecule has 0 radical (unpaired) electrons. The number of nitrogens with zero attached hydrogens (tertiary/aromatic N) is 1. The summed E-state index contributed by atoms with van der Waals surface area (Å²) < 4.78 is 24.3. The molecule has 0 saturated heterocycles. The first kappa shape index (κ1) is 16.9. The van der Waals surface area contributed by atoms with Crippen LogP contribution in [-0.4, -0.2) is 24.7 Å². The lowest BCUT2D eigenvalue weighted by atomic mass is 10.1. The Hall–Kier alpha value is -2.99. The normalized spacial score (nSPS) is 11.9. The van der Waals surface area contributed by atoms with Crippen LogP contribution in [0.4, 0.5) is 4.39 Å². The summed E-state index contributed by atoms with van der Waals surface area (Å²) in [7, 11) is 1.58. The number of rotatable bonds is 6. The number of methoxy groups -OCH3 is 1. The third kappa shape index (κ3) is 3.92. The van der Waals surface area contributed by atoms with Crippen molar-refractivity contribution in [2.75, 3.05) is 13.7 Å². The van der Waals surface area contributed by atoms with Gasteiger partial charge in [-0.2, -0.15) is 0 Å². The van der Waals surface area contributed by atoms with Crippen molar-refractivity contribution in [2.24, 2.45) is 0 Å². The fourth-order valence-corrected chi connectivity index (χ4v) is 2.45. The number of carbonyl (C=O) groups is 1. The third-order valence-corrected chi connectivity index (χ3v) is 3.79. The maximum absolute atomic E-state index is 13.8. The van der Waals surface area contributed by atoms with Gasteiger partial charge in [0.05, 0.1) is 11.7 Å². The van der Waals surface area contributed by atoms with Gasteiger partial charge >= 0.3 is 0 Å². The van der Waals surface area contributed by atoms with Crippen molar-refractivity contribution in [1.82, 2.24) is 10.5 Å². The molecule has 3 aromatic rings. The number of hydrogen-bond donors (Lipinski definition) is 1. The van der Waals surface area contributed by atoms with Crippen LogP contribution in [0.1, 0.15) is 22.2 Å². The van der Waals surface area contributed by atoms with Gasteiger partial charge in [0.2, 0.25) is 0 Å². The van der Waals surface area contributed by atoms with Gasteiger partial charge in [0.25, 0.3) is 5.91 Å². The molecule has 0 fully saturated rings. The first-order valence-corrected chi connectivity index (χ1v) is 7.76. The number of benzene rings is 2. The number of halogens is 1. The molecule has 0 aliphatic rings. The van der Waals surface area contributed by atoms with Crippen molar-refractivity contribution in [3.63, 3.8) is 0 Å². The monoisotopic (exact) mass is 340 g/mol. The van der Waals surface area contributed by atoms with E-state index in [0.717, 1.165) is 5.56 Å². The highest BCUT2D eigenvalue weighted by atomic mass is 19.1. The van der Waals surface area contributed by atoms with Crippen LogP contribution < -0.4 is 5.32 Å². The fourth-order valence-electron chi connectivity index (χ4n) is 2.45. The molecule has 1 aromatic heterocycles. The van der Waals surface area contributed by atoms with Crippen LogP contribution >= 0.6 is 0 Å². The molecule has 6 heteroatoms. The smallest absolute Gasteiger partial charge is 0.273 e. The first-order chi connectivity index (χ1) is 12.2. The van der Waals surface area contributed by atoms with Gasteiger partial charge < -0.3 is 14.6 Å². The molecule has 1 amide bonds. The molecule has 0 aliphatic carbocycles. The predicted molar refractivity (Wildman–Crippen MR) is 90.4 cm³/mol. The lowest BCUT2D eigenvalue weighted by Gasteiger charge is -2.15. The summed E-state index contributed by atoms with van der Waals surface area (Å²) >= 11 is 0. The number of nitrogens with one attached hydrogen (secondary N) is 1. The SMILES string of the molecule is COC(CNC(=O)c1cc(-c2ccccc2F)on1)c1ccccc1. The molecule has 2 aromatic carbocycles. The molecule has 0 spiro atoms. The topological polar surface area (TPSA) is 64.4 Å². The zero-order valence-corrected chi connectivity index (χ0v) is 13.6. The maximum atomic E-state index is 13.8. The average molecular weight is 340 g/mol. The van der Waals surface area contributed by atoms with Crippen molar-refractivity contribution in [3.8, 4) is 11.3 Å². The van der Waals surface area contributed by atoms with Crippen molar-refractivity contribution >= 4 is 5.91 Å². The molecule has 0 aliphatic heterocycles. The van der Waals surface area contributed by atoms with Crippen molar-refractivity contribution in [3.05, 3.63) is 77.7 Å². The number of carbonyl (C=O) groups excluding carboxylic acids is 1. The van der Waals surface area contributed by atoms with Gasteiger partial charge in [-0.05, 0) is 17.7 Å². The van der Waals surface area contributed by atoms with Gasteiger partial charge in [-0.15, -0.1) is 0 Å². The lowest BCUT2D eigenvalue weighted by Crippen LogP contribution is -2.29. The molecule has 1 unspecified atom stereocenters. The molecule has 5 nitrogen and oxygen atoms in total. The predicted octanol–water partition coefficient (Wildman–Crippen LogP) is 3.60. The maximum Gasteiger partial charge on any atom is 0.273 e. The number of amides is 1. The largest absolute Gasteiger partial charge is 0.375 e. The van der Waals surface area contributed by atoms with E-state index in [-0.39, 0.29) is 29.7 Å². The Morgan fingerprint density at radius 3 is 2.64 bits per heavy atom. The van der Waals surface area contributed by atoms with E-state index in [1.807, 2.05) is 30.3 Å². The van der Waals surface area contributed by atoms with E-state index in [4.69, 9.17) is 9.26 Å². The van der Waals surface area contributed by atoms with E-state index in [0.29, 0.717) is 0 Å². The van der Waals surface area contributed by atoms with E-state index in [1.165, 1.54) is 12.1 Å². The van der Waals surface area contributed by atoms with Gasteiger partial charge in [-0.1, -0.05) is 47.6 Å². The quantitative estimate of drug-likeness (QED) is 0.745. The Morgan fingerprint density at radius 2 is 1.92 bits per heavy atom. The summed E-state index contributed by atoms with van der Waals surface area (Å²) in [6.45, 7) is 0.279. The molecule has 0 saturated carbocycles. The molecule has 0 bridgehead atoms. The Balaban J connectivity index is 1.67. The molecule has 1 atom stereocenters. The lowest BCUT2D eigenvalue weighted by molar-refractivity contribution is 0.0821. The minimum absolute atomic E-state index is 0.0844. The minimum Gasteiger partial charge on any atom is -0.375 e. The van der Waals surface area contributed by atoms with Crippen molar-refractivity contribution in [2.45, 2.75) is 6.10 Å². The third-order valence-electron chi connectivity index (χ3n) is 3.79. The highest BCUT2D eigenvalue weighted by Gasteiger charge is 2.17. The van der Waals surface area contributed by atoms with Crippen LogP contribution in [0, 0.1) is 5.82 Å². The van der Waals surface area contributed by atoms with E-state index in [1.54, 1.807) is 25.3 Å². The Labute approximate surface area is 144 Å². The summed E-state index contributed by atoms with van der Waals surface area (Å²) in [5.41, 5.74) is 1.30. The first-order valence-electron chi connectivity index (χ1n) is 7.76. The molecule has 25 heavy (non-hydrogen) atoms. The van der Waals surface area contributed by atoms with Gasteiger partial charge in [0.15, 0.2) is 11.5 Å². The zero-order valence-electron chi connectivity index (χ0n) is 13.6. The van der Waals surface area contributed by atoms with Crippen LogP contribution in [0.15, 0.2) is 65.2 Å². The van der Waals surface area contributed by atoms with Crippen molar-refractivity contribution < 1.29 is 18.4 Å². The minimum atomic E-state index is -0.436. The van der Waals surface area contributed by atoms with E-state index in [2.05, 4.69) is 10.5 Å². The van der Waals surface area contributed by atoms with Crippen LogP contribution in [0.2, 0.25) is 0 Å². The average Bonchev–Trinajstić information content (AvgIpc) is 3.13. The van der Waals surface area contributed by atoms with E-state index in [9.17, 15) is 9.18 Å². The second-order valence-corrected chi connectivity index (χ2v) is 5.40. The Kier molecular flexibility index (Phi) is 5.20. The van der Waals surface area contributed by atoms with Gasteiger partial charge in [0.1, 0.15) is 5.82 Å². The molecular weight excluding hydrogens is 323 g/mol. The Bertz CT molecular complexity index is 849. The van der Waals surface area contributed by atoms with Crippen molar-refractivity contribution in [1.29, 1.82) is 0 Å². The molecule has 1 heterocycles. The summed E-state index contributed by atoms with van der Waals surface area (Å²) in [4.78, 5) is 12.2. The van der Waals surface area contributed by atoms with Crippen LogP contribution in [0.25, 0.3) is 11.3 Å². The molecule has 3 rings (SSSR count). The number of ether oxygens (including phenoxy) is 1. The second kappa shape index (κ2) is 7.72. The standard InChI is InChI=1S/C19H17FN2O3/c1-24-18(13-7-3-2-4-8-13)12-21-19(23)16-11-17(25-22-16)14-9-5-6-10-15(14)20/h2-11,18H,12H2,1H3,(H,21,23). The highest BCUT2D eigenvalue weighted by Crippen LogP contribution is 2.23. The summed E-state index contributed by atoms with van der Waals surface area (Å²) in [6.07, 6.45) is -0.275. The van der Waals surface area contributed by atoms with Gasteiger partial charge in [-0.3, -0.25) is 4.79 Å². The zero-order chi connectivity index (χ0) is 17.6. The van der Waals surface area contributed by atoms with Gasteiger partial charge in [0, 0.05) is 19.7 Å². The summed E-state index contributed by atoms with van der Waals surface area (Å²) in [6, 6.07) is 17.1. The fraction of sp³-hybridized carbons (Fsp3) is 0.158. The second-order valence-electron chi connectivity index (χ2n) is 5.40. The summed E-state index contributed by atoms with van der Waals surface area (Å²) in [5.74, 6) is -0.645. The van der Waals surface area contributed by atoms with Crippen LogP contribution in [0.5, 0.6) is 0 Å². The molecule has 1 N–H and O–H groups in total. The highest BCUT2D eigenvalue weighted by molar-refractivity contribution is 5.93. The van der Waals surface area contributed by atoms with Crippen LogP contribution in [-0.2, 0) is 4.74 Å². The summed E-state index contributed by atoms with van der Waals surface area (Å²) in [5, 5.41) is 6.46. The number of hydrogen-bond acceptors (Lipinski definition) is 4. The van der Waals surface area contributed by atoms with E-state index < -0.39 is 11.7 Å². The Morgan fingerprint density at radius 1 is 1.20 bits per heavy atom. The van der Waals surface area contributed by atoms with Crippen LogP contribution in [0.3, 0.4) is 0 Å². The molecule has 128 valence electrons. The molecular formula is C19H17FN2O3.